The summed E-state index contributed by atoms with van der Waals surface area (Å²) in [5.74, 6) is 0.500. The summed E-state index contributed by atoms with van der Waals surface area (Å²) in [5, 5.41) is 0. The van der Waals surface area contributed by atoms with Crippen LogP contribution in [0.25, 0.3) is 0 Å². The Kier molecular flexibility index (Phi) is 2.40. The zero-order valence-electron chi connectivity index (χ0n) is 8.46. The van der Waals surface area contributed by atoms with Gasteiger partial charge in [-0.25, -0.2) is 4.98 Å². The maximum Gasteiger partial charge on any atom is 0.213 e. The number of aromatic nitrogens is 1. The van der Waals surface area contributed by atoms with Crippen molar-refractivity contribution < 1.29 is 9.13 Å². The van der Waals surface area contributed by atoms with E-state index in [1.807, 2.05) is 13.8 Å². The standard InChI is InChI=1S/C11H14FNO/c1-7(2)11-9(14-8-3-4-8)5-6-10(12)13-11/h5-8H,3-4H2,1-2H3. The summed E-state index contributed by atoms with van der Waals surface area (Å²) in [5.41, 5.74) is 0.719. The fraction of sp³-hybridized carbons (Fsp3) is 0.545. The van der Waals surface area contributed by atoms with Gasteiger partial charge in [-0.15, -0.1) is 0 Å². The van der Waals surface area contributed by atoms with Crippen molar-refractivity contribution in [1.29, 1.82) is 0 Å². The first-order valence-electron chi connectivity index (χ1n) is 5.00. The fourth-order valence-corrected chi connectivity index (χ4v) is 1.32. The zero-order valence-corrected chi connectivity index (χ0v) is 8.46. The van der Waals surface area contributed by atoms with Gasteiger partial charge in [0.25, 0.3) is 0 Å². The molecule has 14 heavy (non-hydrogen) atoms. The van der Waals surface area contributed by atoms with Gasteiger partial charge in [0.05, 0.1) is 11.8 Å². The maximum atomic E-state index is 12.9. The minimum Gasteiger partial charge on any atom is -0.489 e. The normalized spacial score (nSPS) is 16.0. The summed E-state index contributed by atoms with van der Waals surface area (Å²) >= 11 is 0. The van der Waals surface area contributed by atoms with Crippen LogP contribution in [0.5, 0.6) is 5.75 Å². The van der Waals surface area contributed by atoms with Crippen LogP contribution in [0.4, 0.5) is 4.39 Å². The Labute approximate surface area is 83.1 Å². The summed E-state index contributed by atoms with van der Waals surface area (Å²) < 4.78 is 18.5. The molecular weight excluding hydrogens is 181 g/mol. The van der Waals surface area contributed by atoms with E-state index >= 15 is 0 Å². The van der Waals surface area contributed by atoms with E-state index in [4.69, 9.17) is 4.74 Å². The summed E-state index contributed by atoms with van der Waals surface area (Å²) in [6.45, 7) is 3.98. The molecule has 1 fully saturated rings. The van der Waals surface area contributed by atoms with E-state index < -0.39 is 5.95 Å². The van der Waals surface area contributed by atoms with Crippen LogP contribution in [0.1, 0.15) is 38.3 Å². The average molecular weight is 195 g/mol. The van der Waals surface area contributed by atoms with Gasteiger partial charge < -0.3 is 4.74 Å². The molecule has 1 aromatic heterocycles. The van der Waals surface area contributed by atoms with E-state index in [-0.39, 0.29) is 5.92 Å². The minimum absolute atomic E-state index is 0.194. The molecule has 1 aliphatic carbocycles. The molecule has 1 heterocycles. The van der Waals surface area contributed by atoms with Gasteiger partial charge in [-0.1, -0.05) is 13.8 Å². The predicted molar refractivity (Wildman–Crippen MR) is 51.9 cm³/mol. The van der Waals surface area contributed by atoms with Crippen molar-refractivity contribution in [3.63, 3.8) is 0 Å². The number of pyridine rings is 1. The molecule has 0 N–H and O–H groups in total. The Bertz CT molecular complexity index is 334. The van der Waals surface area contributed by atoms with Gasteiger partial charge in [0, 0.05) is 0 Å². The predicted octanol–water partition coefficient (Wildman–Crippen LogP) is 2.89. The van der Waals surface area contributed by atoms with Crippen molar-refractivity contribution >= 4 is 0 Å². The highest BCUT2D eigenvalue weighted by Gasteiger charge is 2.25. The van der Waals surface area contributed by atoms with E-state index in [1.165, 1.54) is 6.07 Å². The van der Waals surface area contributed by atoms with Gasteiger partial charge in [-0.05, 0) is 30.9 Å². The summed E-state index contributed by atoms with van der Waals surface area (Å²) in [6, 6.07) is 3.03. The molecular formula is C11H14FNO. The number of halogens is 1. The molecule has 0 aromatic carbocycles. The highest BCUT2D eigenvalue weighted by Crippen LogP contribution is 2.31. The van der Waals surface area contributed by atoms with Gasteiger partial charge in [0.1, 0.15) is 5.75 Å². The molecule has 0 aliphatic heterocycles. The highest BCUT2D eigenvalue weighted by molar-refractivity contribution is 5.30. The van der Waals surface area contributed by atoms with Crippen molar-refractivity contribution in [3.05, 3.63) is 23.8 Å². The molecule has 3 heteroatoms. The third kappa shape index (κ3) is 2.03. The van der Waals surface area contributed by atoms with E-state index in [9.17, 15) is 4.39 Å². The Morgan fingerprint density at radius 2 is 2.14 bits per heavy atom. The number of ether oxygens (including phenoxy) is 1. The summed E-state index contributed by atoms with van der Waals surface area (Å²) in [7, 11) is 0. The monoisotopic (exact) mass is 195 g/mol. The van der Waals surface area contributed by atoms with Crippen LogP contribution in [-0.2, 0) is 0 Å². The SMILES string of the molecule is CC(C)c1nc(F)ccc1OC1CC1. The first kappa shape index (κ1) is 9.44. The van der Waals surface area contributed by atoms with Crippen LogP contribution in [0.2, 0.25) is 0 Å². The third-order valence-electron chi connectivity index (χ3n) is 2.22. The van der Waals surface area contributed by atoms with Gasteiger partial charge in [0.2, 0.25) is 5.95 Å². The molecule has 0 bridgehead atoms. The molecule has 0 saturated heterocycles. The number of hydrogen-bond acceptors (Lipinski definition) is 2. The lowest BCUT2D eigenvalue weighted by atomic mass is 10.1. The van der Waals surface area contributed by atoms with Crippen LogP contribution in [0.3, 0.4) is 0 Å². The lowest BCUT2D eigenvalue weighted by Gasteiger charge is -2.12. The van der Waals surface area contributed by atoms with Crippen molar-refractivity contribution in [1.82, 2.24) is 4.98 Å². The second kappa shape index (κ2) is 3.56. The number of hydrogen-bond donors (Lipinski definition) is 0. The molecule has 1 aromatic rings. The van der Waals surface area contributed by atoms with E-state index in [2.05, 4.69) is 4.98 Å². The van der Waals surface area contributed by atoms with Gasteiger partial charge in [0.15, 0.2) is 0 Å². The second-order valence-electron chi connectivity index (χ2n) is 3.99. The molecule has 0 radical (unpaired) electrons. The molecule has 1 saturated carbocycles. The number of nitrogens with zero attached hydrogens (tertiary/aromatic N) is 1. The zero-order chi connectivity index (χ0) is 10.1. The average Bonchev–Trinajstić information content (AvgIpc) is 2.91. The smallest absolute Gasteiger partial charge is 0.213 e. The second-order valence-corrected chi connectivity index (χ2v) is 3.99. The van der Waals surface area contributed by atoms with E-state index in [1.54, 1.807) is 6.07 Å². The molecule has 0 amide bonds. The first-order valence-corrected chi connectivity index (χ1v) is 5.00. The molecule has 0 spiro atoms. The molecule has 0 atom stereocenters. The molecule has 2 rings (SSSR count). The van der Waals surface area contributed by atoms with Crippen molar-refractivity contribution in [3.8, 4) is 5.75 Å². The quantitative estimate of drug-likeness (QED) is 0.692. The minimum atomic E-state index is -0.433. The maximum absolute atomic E-state index is 12.9. The molecule has 2 nitrogen and oxygen atoms in total. The van der Waals surface area contributed by atoms with Crippen LogP contribution < -0.4 is 4.74 Å². The van der Waals surface area contributed by atoms with Gasteiger partial charge in [-0.2, -0.15) is 4.39 Å². The lowest BCUT2D eigenvalue weighted by molar-refractivity contribution is 0.295. The Balaban J connectivity index is 2.26. The summed E-state index contributed by atoms with van der Waals surface area (Å²) in [6.07, 6.45) is 2.55. The van der Waals surface area contributed by atoms with Crippen LogP contribution >= 0.6 is 0 Å². The van der Waals surface area contributed by atoms with Gasteiger partial charge in [-0.3, -0.25) is 0 Å². The largest absolute Gasteiger partial charge is 0.489 e. The Hall–Kier alpha value is -1.12. The van der Waals surface area contributed by atoms with E-state index in [0.717, 1.165) is 24.3 Å². The Morgan fingerprint density at radius 3 is 2.71 bits per heavy atom. The molecule has 76 valence electrons. The highest BCUT2D eigenvalue weighted by atomic mass is 19.1. The van der Waals surface area contributed by atoms with Crippen LogP contribution in [-0.4, -0.2) is 11.1 Å². The van der Waals surface area contributed by atoms with Crippen LogP contribution in [0.15, 0.2) is 12.1 Å². The van der Waals surface area contributed by atoms with Crippen molar-refractivity contribution in [2.45, 2.75) is 38.7 Å². The molecule has 0 unspecified atom stereocenters. The Morgan fingerprint density at radius 1 is 1.43 bits per heavy atom. The number of rotatable bonds is 3. The lowest BCUT2D eigenvalue weighted by Crippen LogP contribution is -2.04. The fourth-order valence-electron chi connectivity index (χ4n) is 1.32. The summed E-state index contributed by atoms with van der Waals surface area (Å²) in [4.78, 5) is 3.86. The molecule has 1 aliphatic rings. The van der Waals surface area contributed by atoms with Crippen LogP contribution in [0, 0.1) is 5.95 Å². The van der Waals surface area contributed by atoms with E-state index in [0.29, 0.717) is 6.10 Å². The topological polar surface area (TPSA) is 22.1 Å². The first-order chi connectivity index (χ1) is 6.66. The van der Waals surface area contributed by atoms with Crippen molar-refractivity contribution in [2.75, 3.05) is 0 Å². The van der Waals surface area contributed by atoms with Gasteiger partial charge >= 0.3 is 0 Å². The van der Waals surface area contributed by atoms with Crippen molar-refractivity contribution in [2.24, 2.45) is 0 Å². The third-order valence-corrected chi connectivity index (χ3v) is 2.22.